The van der Waals surface area contributed by atoms with Crippen molar-refractivity contribution in [2.24, 2.45) is 0 Å². The summed E-state index contributed by atoms with van der Waals surface area (Å²) in [6.45, 7) is 1.64. The van der Waals surface area contributed by atoms with Gasteiger partial charge in [0, 0.05) is 18.7 Å². The van der Waals surface area contributed by atoms with E-state index in [9.17, 15) is 14.9 Å². The lowest BCUT2D eigenvalue weighted by Gasteiger charge is -2.08. The van der Waals surface area contributed by atoms with Crippen LogP contribution in [0.15, 0.2) is 24.3 Å². The van der Waals surface area contributed by atoms with Gasteiger partial charge in [-0.2, -0.15) is 0 Å². The predicted molar refractivity (Wildman–Crippen MR) is 80.0 cm³/mol. The molecule has 0 radical (unpaired) electrons. The lowest BCUT2D eigenvalue weighted by molar-refractivity contribution is -0.384. The summed E-state index contributed by atoms with van der Waals surface area (Å²) in [6.07, 6.45) is -0.594. The lowest BCUT2D eigenvalue weighted by atomic mass is 10.2. The van der Waals surface area contributed by atoms with Crippen LogP contribution in [0, 0.1) is 10.1 Å². The number of carbonyl (C=O) groups is 1. The van der Waals surface area contributed by atoms with Gasteiger partial charge < -0.3 is 24.6 Å². The first-order valence-electron chi connectivity index (χ1n) is 7.04. The van der Waals surface area contributed by atoms with Gasteiger partial charge >= 0.3 is 6.09 Å². The Morgan fingerprint density at radius 2 is 1.78 bits per heavy atom. The molecule has 1 rings (SSSR count). The van der Waals surface area contributed by atoms with Crippen molar-refractivity contribution >= 4 is 11.8 Å². The number of benzene rings is 1. The number of nitro groups is 1. The van der Waals surface area contributed by atoms with E-state index in [1.165, 1.54) is 24.3 Å². The van der Waals surface area contributed by atoms with Gasteiger partial charge in [0.1, 0.15) is 6.61 Å². The van der Waals surface area contributed by atoms with E-state index in [0.717, 1.165) is 0 Å². The van der Waals surface area contributed by atoms with Crippen LogP contribution in [0.5, 0.6) is 0 Å². The number of nitrogens with one attached hydrogen (secondary N) is 1. The first kappa shape index (κ1) is 18.8. The van der Waals surface area contributed by atoms with E-state index in [0.29, 0.717) is 31.9 Å². The number of hydrogen-bond acceptors (Lipinski definition) is 7. The Morgan fingerprint density at radius 3 is 2.39 bits per heavy atom. The summed E-state index contributed by atoms with van der Waals surface area (Å²) < 4.78 is 15.1. The molecule has 0 aliphatic heterocycles. The Kier molecular flexibility index (Phi) is 9.29. The highest BCUT2D eigenvalue weighted by Gasteiger charge is 2.06. The number of aliphatic hydroxyl groups is 1. The van der Waals surface area contributed by atoms with Crippen molar-refractivity contribution in [2.75, 3.05) is 39.6 Å². The van der Waals surface area contributed by atoms with Crippen LogP contribution in [0.25, 0.3) is 0 Å². The Hall–Kier alpha value is -2.23. The SMILES string of the molecule is O=C(NCCOCCOCCO)OCc1ccc([N+](=O)[O-])cc1. The van der Waals surface area contributed by atoms with Crippen molar-refractivity contribution in [2.45, 2.75) is 6.61 Å². The Balaban J connectivity index is 2.07. The normalized spacial score (nSPS) is 10.3. The molecule has 1 aromatic carbocycles. The fourth-order valence-electron chi connectivity index (χ4n) is 1.53. The predicted octanol–water partition coefficient (Wildman–Crippen LogP) is 0.846. The lowest BCUT2D eigenvalue weighted by Crippen LogP contribution is -2.28. The highest BCUT2D eigenvalue weighted by atomic mass is 16.6. The molecule has 0 atom stereocenters. The van der Waals surface area contributed by atoms with Crippen LogP contribution < -0.4 is 5.32 Å². The molecule has 9 heteroatoms. The minimum Gasteiger partial charge on any atom is -0.445 e. The average Bonchev–Trinajstić information content (AvgIpc) is 2.55. The quantitative estimate of drug-likeness (QED) is 0.351. The second kappa shape index (κ2) is 11.4. The van der Waals surface area contributed by atoms with Crippen LogP contribution in [0.2, 0.25) is 0 Å². The molecule has 0 saturated heterocycles. The van der Waals surface area contributed by atoms with E-state index in [2.05, 4.69) is 5.32 Å². The van der Waals surface area contributed by atoms with Gasteiger partial charge in [0.05, 0.1) is 38.0 Å². The van der Waals surface area contributed by atoms with Gasteiger partial charge in [-0.1, -0.05) is 0 Å². The number of alkyl carbamates (subject to hydrolysis) is 1. The summed E-state index contributed by atoms with van der Waals surface area (Å²) in [5.41, 5.74) is 0.640. The van der Waals surface area contributed by atoms with Crippen molar-refractivity contribution in [3.8, 4) is 0 Å². The fraction of sp³-hybridized carbons (Fsp3) is 0.500. The van der Waals surface area contributed by atoms with E-state index in [1.807, 2.05) is 0 Å². The minimum atomic E-state index is -0.594. The van der Waals surface area contributed by atoms with E-state index in [1.54, 1.807) is 0 Å². The molecule has 0 fully saturated rings. The molecule has 0 saturated carbocycles. The van der Waals surface area contributed by atoms with Crippen LogP contribution in [-0.4, -0.2) is 55.7 Å². The zero-order chi connectivity index (χ0) is 16.9. The molecule has 2 N–H and O–H groups in total. The van der Waals surface area contributed by atoms with Crippen molar-refractivity contribution in [3.05, 3.63) is 39.9 Å². The molecule has 0 unspecified atom stereocenters. The zero-order valence-corrected chi connectivity index (χ0v) is 12.6. The monoisotopic (exact) mass is 328 g/mol. The zero-order valence-electron chi connectivity index (χ0n) is 12.6. The molecule has 128 valence electrons. The molecule has 0 aromatic heterocycles. The third kappa shape index (κ3) is 8.71. The number of non-ortho nitro benzene ring substituents is 1. The van der Waals surface area contributed by atoms with Gasteiger partial charge in [-0.05, 0) is 17.7 Å². The number of amides is 1. The van der Waals surface area contributed by atoms with Gasteiger partial charge in [0.2, 0.25) is 0 Å². The number of carbonyl (C=O) groups excluding carboxylic acids is 1. The highest BCUT2D eigenvalue weighted by molar-refractivity contribution is 5.67. The number of hydrogen-bond donors (Lipinski definition) is 2. The maximum Gasteiger partial charge on any atom is 0.407 e. The minimum absolute atomic E-state index is 0.0154. The summed E-state index contributed by atoms with van der Waals surface area (Å²) in [5, 5.41) is 21.5. The Morgan fingerprint density at radius 1 is 1.13 bits per heavy atom. The summed E-state index contributed by atoms with van der Waals surface area (Å²) in [7, 11) is 0. The number of nitro benzene ring substituents is 1. The summed E-state index contributed by atoms with van der Waals surface area (Å²) in [6, 6.07) is 5.76. The molecular formula is C14H20N2O7. The van der Waals surface area contributed by atoms with Crippen LogP contribution >= 0.6 is 0 Å². The number of rotatable bonds is 11. The van der Waals surface area contributed by atoms with Crippen LogP contribution in [0.3, 0.4) is 0 Å². The molecule has 1 aromatic rings. The third-order valence-corrected chi connectivity index (χ3v) is 2.64. The fourth-order valence-corrected chi connectivity index (χ4v) is 1.53. The molecule has 0 bridgehead atoms. The maximum absolute atomic E-state index is 11.4. The topological polar surface area (TPSA) is 120 Å². The first-order valence-corrected chi connectivity index (χ1v) is 7.04. The summed E-state index contributed by atoms with van der Waals surface area (Å²) in [4.78, 5) is 21.4. The van der Waals surface area contributed by atoms with Crippen LogP contribution in [0.4, 0.5) is 10.5 Å². The second-order valence-electron chi connectivity index (χ2n) is 4.37. The smallest absolute Gasteiger partial charge is 0.407 e. The van der Waals surface area contributed by atoms with E-state index >= 15 is 0 Å². The Bertz CT molecular complexity index is 479. The molecule has 9 nitrogen and oxygen atoms in total. The van der Waals surface area contributed by atoms with Gasteiger partial charge in [-0.3, -0.25) is 10.1 Å². The molecule has 23 heavy (non-hydrogen) atoms. The molecule has 0 spiro atoms. The van der Waals surface area contributed by atoms with Crippen LogP contribution in [0.1, 0.15) is 5.56 Å². The standard InChI is InChI=1S/C14H20N2O7/c17-6-8-22-10-9-21-7-5-15-14(18)23-11-12-1-3-13(4-2-12)16(19)20/h1-4,17H,5-11H2,(H,15,18). The summed E-state index contributed by atoms with van der Waals surface area (Å²) in [5.74, 6) is 0. The van der Waals surface area contributed by atoms with Crippen molar-refractivity contribution < 1.29 is 29.0 Å². The third-order valence-electron chi connectivity index (χ3n) is 2.64. The largest absolute Gasteiger partial charge is 0.445 e. The van der Waals surface area contributed by atoms with Crippen molar-refractivity contribution in [1.82, 2.24) is 5.32 Å². The molecular weight excluding hydrogens is 308 g/mol. The Labute approximate surface area is 133 Å². The molecule has 0 aliphatic rings. The molecule has 1 amide bonds. The highest BCUT2D eigenvalue weighted by Crippen LogP contribution is 2.12. The maximum atomic E-state index is 11.4. The second-order valence-corrected chi connectivity index (χ2v) is 4.37. The van der Waals surface area contributed by atoms with Crippen molar-refractivity contribution in [3.63, 3.8) is 0 Å². The van der Waals surface area contributed by atoms with E-state index in [-0.39, 0.29) is 25.5 Å². The van der Waals surface area contributed by atoms with Gasteiger partial charge in [-0.15, -0.1) is 0 Å². The van der Waals surface area contributed by atoms with Gasteiger partial charge in [0.25, 0.3) is 5.69 Å². The number of nitrogens with zero attached hydrogens (tertiary/aromatic N) is 1. The number of aliphatic hydroxyl groups excluding tert-OH is 1. The molecule has 0 heterocycles. The van der Waals surface area contributed by atoms with Gasteiger partial charge in [-0.25, -0.2) is 4.79 Å². The van der Waals surface area contributed by atoms with Gasteiger partial charge in [0.15, 0.2) is 0 Å². The first-order chi connectivity index (χ1) is 11.1. The molecule has 0 aliphatic carbocycles. The average molecular weight is 328 g/mol. The van der Waals surface area contributed by atoms with Crippen molar-refractivity contribution in [1.29, 1.82) is 0 Å². The van der Waals surface area contributed by atoms with E-state index < -0.39 is 11.0 Å². The van der Waals surface area contributed by atoms with E-state index in [4.69, 9.17) is 19.3 Å². The number of ether oxygens (including phenoxy) is 3. The van der Waals surface area contributed by atoms with Crippen LogP contribution in [-0.2, 0) is 20.8 Å². The summed E-state index contributed by atoms with van der Waals surface area (Å²) >= 11 is 0.